The Kier molecular flexibility index (Phi) is 9.30. The van der Waals surface area contributed by atoms with E-state index >= 15 is 0 Å². The molecule has 1 fully saturated rings. The summed E-state index contributed by atoms with van der Waals surface area (Å²) in [7, 11) is 0. The number of piperidine rings is 1. The zero-order valence-electron chi connectivity index (χ0n) is 16.7. The van der Waals surface area contributed by atoms with Gasteiger partial charge in [0, 0.05) is 24.2 Å². The lowest BCUT2D eigenvalue weighted by Gasteiger charge is -2.23. The lowest BCUT2D eigenvalue weighted by atomic mass is 10.0. The van der Waals surface area contributed by atoms with Crippen LogP contribution in [-0.4, -0.2) is 43.1 Å². The summed E-state index contributed by atoms with van der Waals surface area (Å²) < 4.78 is 0. The van der Waals surface area contributed by atoms with Crippen LogP contribution < -0.4 is 21.7 Å². The lowest BCUT2D eigenvalue weighted by Crippen LogP contribution is -2.52. The van der Waals surface area contributed by atoms with Gasteiger partial charge in [-0.1, -0.05) is 37.8 Å². The first-order valence-corrected chi connectivity index (χ1v) is 10.2. The first-order valence-electron chi connectivity index (χ1n) is 10.2. The van der Waals surface area contributed by atoms with E-state index in [-0.39, 0.29) is 29.9 Å². The van der Waals surface area contributed by atoms with Crippen LogP contribution in [0.1, 0.15) is 72.1 Å². The van der Waals surface area contributed by atoms with Crippen LogP contribution in [0.2, 0.25) is 0 Å². The molecule has 0 radical (unpaired) electrons. The molecule has 8 nitrogen and oxygen atoms in total. The van der Waals surface area contributed by atoms with Gasteiger partial charge < -0.3 is 16.4 Å². The van der Waals surface area contributed by atoms with Crippen molar-refractivity contribution in [2.24, 2.45) is 5.73 Å². The predicted octanol–water partition coefficient (Wildman–Crippen LogP) is 1.75. The van der Waals surface area contributed by atoms with E-state index in [1.807, 2.05) is 0 Å². The normalized spacial score (nSPS) is 16.2. The molecule has 29 heavy (non-hydrogen) atoms. The monoisotopic (exact) mass is 402 g/mol. The molecule has 0 aromatic heterocycles. The molecule has 1 aromatic carbocycles. The maximum Gasteiger partial charge on any atom is 0.254 e. The lowest BCUT2D eigenvalue weighted by molar-refractivity contribution is -0.134. The number of hydrogen-bond acceptors (Lipinski definition) is 6. The van der Waals surface area contributed by atoms with Crippen molar-refractivity contribution < 1.29 is 19.2 Å². The largest absolute Gasteiger partial charge is 0.384 e. The van der Waals surface area contributed by atoms with Gasteiger partial charge in [-0.05, 0) is 31.9 Å². The van der Waals surface area contributed by atoms with Gasteiger partial charge in [-0.25, -0.2) is 0 Å². The Balaban J connectivity index is 1.94. The van der Waals surface area contributed by atoms with E-state index in [0.29, 0.717) is 18.5 Å². The summed E-state index contributed by atoms with van der Waals surface area (Å²) in [6.45, 7) is 1.41. The van der Waals surface area contributed by atoms with Gasteiger partial charge in [0.2, 0.25) is 11.8 Å². The number of rotatable bonds is 12. The third kappa shape index (κ3) is 6.98. The molecule has 0 aliphatic carbocycles. The standard InChI is InChI=1S/C21H30N4O4/c22-12-5-3-1-2-4-6-13-23-16-9-7-8-15(14-26)19(16)21(29)24-17-10-11-18(27)25-20(17)28/h7-9,14,17,23H,1-6,10-13,22H2,(H,24,29)(H,25,27,28). The van der Waals surface area contributed by atoms with Crippen LogP contribution in [0, 0.1) is 0 Å². The van der Waals surface area contributed by atoms with Gasteiger partial charge in [-0.15, -0.1) is 0 Å². The second-order valence-corrected chi connectivity index (χ2v) is 7.20. The maximum absolute atomic E-state index is 12.8. The molecule has 8 heteroatoms. The summed E-state index contributed by atoms with van der Waals surface area (Å²) in [6.07, 6.45) is 7.57. The summed E-state index contributed by atoms with van der Waals surface area (Å²) in [5, 5.41) is 8.08. The van der Waals surface area contributed by atoms with Gasteiger partial charge in [0.25, 0.3) is 5.91 Å². The fraction of sp³-hybridized carbons (Fsp3) is 0.524. The summed E-state index contributed by atoms with van der Waals surface area (Å²) in [5.74, 6) is -1.38. The van der Waals surface area contributed by atoms with E-state index in [0.717, 1.165) is 45.1 Å². The fourth-order valence-electron chi connectivity index (χ4n) is 3.33. The number of nitrogens with two attached hydrogens (primary N) is 1. The Hall–Kier alpha value is -2.74. The summed E-state index contributed by atoms with van der Waals surface area (Å²) in [4.78, 5) is 47.4. The number of benzene rings is 1. The number of nitrogens with one attached hydrogen (secondary N) is 3. The van der Waals surface area contributed by atoms with Crippen molar-refractivity contribution in [3.63, 3.8) is 0 Å². The quantitative estimate of drug-likeness (QED) is 0.239. The van der Waals surface area contributed by atoms with Gasteiger partial charge in [-0.2, -0.15) is 0 Å². The average Bonchev–Trinajstić information content (AvgIpc) is 2.71. The van der Waals surface area contributed by atoms with Crippen molar-refractivity contribution in [1.29, 1.82) is 0 Å². The molecule has 1 aliphatic rings. The van der Waals surface area contributed by atoms with Crippen molar-refractivity contribution in [3.8, 4) is 0 Å². The molecule has 0 saturated carbocycles. The van der Waals surface area contributed by atoms with Crippen molar-refractivity contribution in [2.75, 3.05) is 18.4 Å². The van der Waals surface area contributed by atoms with Gasteiger partial charge in [0.15, 0.2) is 6.29 Å². The highest BCUT2D eigenvalue weighted by molar-refractivity contribution is 6.09. The highest BCUT2D eigenvalue weighted by atomic mass is 16.2. The molecule has 0 spiro atoms. The van der Waals surface area contributed by atoms with E-state index < -0.39 is 17.9 Å². The Morgan fingerprint density at radius 3 is 2.55 bits per heavy atom. The van der Waals surface area contributed by atoms with Crippen molar-refractivity contribution in [1.82, 2.24) is 10.6 Å². The molecule has 1 heterocycles. The minimum atomic E-state index is -0.790. The van der Waals surface area contributed by atoms with Crippen LogP contribution in [0.3, 0.4) is 0 Å². The third-order valence-corrected chi connectivity index (χ3v) is 4.94. The van der Waals surface area contributed by atoms with Crippen LogP contribution in [0.25, 0.3) is 0 Å². The zero-order valence-corrected chi connectivity index (χ0v) is 16.7. The summed E-state index contributed by atoms with van der Waals surface area (Å²) in [6, 6.07) is 4.23. The van der Waals surface area contributed by atoms with E-state index in [9.17, 15) is 19.2 Å². The van der Waals surface area contributed by atoms with E-state index in [4.69, 9.17) is 5.73 Å². The summed E-state index contributed by atoms with van der Waals surface area (Å²) >= 11 is 0. The highest BCUT2D eigenvalue weighted by Crippen LogP contribution is 2.20. The molecular weight excluding hydrogens is 372 g/mol. The summed E-state index contributed by atoms with van der Waals surface area (Å²) in [5.41, 5.74) is 6.51. The number of unbranched alkanes of at least 4 members (excludes halogenated alkanes) is 5. The van der Waals surface area contributed by atoms with Gasteiger partial charge in [-0.3, -0.25) is 24.5 Å². The third-order valence-electron chi connectivity index (χ3n) is 4.94. The molecule has 0 bridgehead atoms. The van der Waals surface area contributed by atoms with Crippen LogP contribution in [0.4, 0.5) is 5.69 Å². The Morgan fingerprint density at radius 1 is 1.14 bits per heavy atom. The molecule has 2 rings (SSSR count). The van der Waals surface area contributed by atoms with Crippen LogP contribution in [-0.2, 0) is 9.59 Å². The van der Waals surface area contributed by atoms with Crippen molar-refractivity contribution in [3.05, 3.63) is 29.3 Å². The molecule has 1 aromatic rings. The van der Waals surface area contributed by atoms with E-state index in [1.165, 1.54) is 0 Å². The first kappa shape index (κ1) is 22.5. The molecule has 1 aliphatic heterocycles. The van der Waals surface area contributed by atoms with Gasteiger partial charge >= 0.3 is 0 Å². The Morgan fingerprint density at radius 2 is 1.86 bits per heavy atom. The fourth-order valence-corrected chi connectivity index (χ4v) is 3.33. The molecule has 3 amide bonds. The van der Waals surface area contributed by atoms with E-state index in [1.54, 1.807) is 18.2 Å². The van der Waals surface area contributed by atoms with Crippen LogP contribution in [0.5, 0.6) is 0 Å². The second-order valence-electron chi connectivity index (χ2n) is 7.20. The molecule has 5 N–H and O–H groups in total. The minimum absolute atomic E-state index is 0.169. The number of carbonyl (C=O) groups excluding carboxylic acids is 4. The molecule has 158 valence electrons. The maximum atomic E-state index is 12.8. The number of carbonyl (C=O) groups is 4. The number of amides is 3. The molecular formula is C21H30N4O4. The smallest absolute Gasteiger partial charge is 0.254 e. The average molecular weight is 402 g/mol. The number of hydrogen-bond donors (Lipinski definition) is 4. The first-order chi connectivity index (χ1) is 14.1. The topological polar surface area (TPSA) is 130 Å². The Bertz CT molecular complexity index is 735. The Labute approximate surface area is 171 Å². The molecule has 1 unspecified atom stereocenters. The van der Waals surface area contributed by atoms with Crippen molar-refractivity contribution >= 4 is 29.7 Å². The SMILES string of the molecule is NCCCCCCCCNc1cccc(C=O)c1C(=O)NC1CCC(=O)NC1=O. The van der Waals surface area contributed by atoms with Gasteiger partial charge in [0.1, 0.15) is 6.04 Å². The highest BCUT2D eigenvalue weighted by Gasteiger charge is 2.29. The molecule has 1 atom stereocenters. The predicted molar refractivity (Wildman–Crippen MR) is 111 cm³/mol. The van der Waals surface area contributed by atoms with Crippen molar-refractivity contribution in [2.45, 2.75) is 57.4 Å². The van der Waals surface area contributed by atoms with Crippen LogP contribution >= 0.6 is 0 Å². The number of anilines is 1. The zero-order chi connectivity index (χ0) is 21.1. The molecule has 1 saturated heterocycles. The van der Waals surface area contributed by atoms with Crippen LogP contribution in [0.15, 0.2) is 18.2 Å². The van der Waals surface area contributed by atoms with E-state index in [2.05, 4.69) is 16.0 Å². The number of imide groups is 1. The second kappa shape index (κ2) is 12.0. The minimum Gasteiger partial charge on any atom is -0.384 e. The number of aldehydes is 1. The van der Waals surface area contributed by atoms with Gasteiger partial charge in [0.05, 0.1) is 5.56 Å².